The van der Waals surface area contributed by atoms with Crippen molar-refractivity contribution >= 4 is 51.0 Å². The normalized spacial score (nSPS) is 21.8. The fourth-order valence-electron chi connectivity index (χ4n) is 3.58. The van der Waals surface area contributed by atoms with Crippen LogP contribution in [0.1, 0.15) is 19.8 Å². The van der Waals surface area contributed by atoms with Crippen LogP contribution in [-0.2, 0) is 7.05 Å². The maximum Gasteiger partial charge on any atom is 0.226 e. The summed E-state index contributed by atoms with van der Waals surface area (Å²) in [7, 11) is 1.89. The monoisotopic (exact) mass is 365 g/mol. The molecule has 0 aromatic carbocycles. The number of halogens is 2. The number of fused-ring (bicyclic) bond motifs is 3. The number of hydrogen-bond acceptors (Lipinski definition) is 5. The van der Waals surface area contributed by atoms with Crippen LogP contribution in [0.2, 0.25) is 10.4 Å². The van der Waals surface area contributed by atoms with Crippen LogP contribution in [0.5, 0.6) is 0 Å². The largest absolute Gasteiger partial charge is 0.388 e. The minimum atomic E-state index is -0.744. The SMILES string of the molecule is Cn1c2nc(Cl)nc(N3CCC[C@@](C)(O)C3)c2c2ccnc(Cl)c21. The van der Waals surface area contributed by atoms with Crippen molar-refractivity contribution in [2.24, 2.45) is 7.05 Å². The zero-order chi connectivity index (χ0) is 17.1. The van der Waals surface area contributed by atoms with Gasteiger partial charge in [-0.05, 0) is 37.4 Å². The number of rotatable bonds is 1. The zero-order valence-electron chi connectivity index (χ0n) is 13.4. The van der Waals surface area contributed by atoms with Gasteiger partial charge in [-0.25, -0.2) is 4.98 Å². The van der Waals surface area contributed by atoms with Gasteiger partial charge in [-0.1, -0.05) is 11.6 Å². The first-order valence-electron chi connectivity index (χ1n) is 7.81. The molecule has 1 aliphatic heterocycles. The van der Waals surface area contributed by atoms with Gasteiger partial charge >= 0.3 is 0 Å². The molecule has 4 heterocycles. The van der Waals surface area contributed by atoms with E-state index in [1.807, 2.05) is 24.6 Å². The first-order valence-corrected chi connectivity index (χ1v) is 8.56. The van der Waals surface area contributed by atoms with Crippen molar-refractivity contribution in [3.8, 4) is 0 Å². The van der Waals surface area contributed by atoms with E-state index < -0.39 is 5.60 Å². The van der Waals surface area contributed by atoms with Crippen LogP contribution in [0.25, 0.3) is 21.9 Å². The molecule has 0 aliphatic carbocycles. The van der Waals surface area contributed by atoms with E-state index >= 15 is 0 Å². The molecule has 3 aromatic rings. The molecule has 0 saturated carbocycles. The van der Waals surface area contributed by atoms with Gasteiger partial charge in [-0.2, -0.15) is 9.97 Å². The van der Waals surface area contributed by atoms with Gasteiger partial charge in [0.1, 0.15) is 11.5 Å². The summed E-state index contributed by atoms with van der Waals surface area (Å²) in [6, 6.07) is 1.91. The van der Waals surface area contributed by atoms with Gasteiger partial charge in [0.15, 0.2) is 5.15 Å². The molecule has 3 aromatic heterocycles. The molecule has 4 rings (SSSR count). The van der Waals surface area contributed by atoms with Gasteiger partial charge < -0.3 is 14.6 Å². The Bertz CT molecular complexity index is 953. The minimum absolute atomic E-state index is 0.178. The summed E-state index contributed by atoms with van der Waals surface area (Å²) in [6.45, 7) is 3.17. The molecule has 1 atom stereocenters. The number of β-amino-alcohol motifs (C(OH)–C–C–N with tert-alkyl or cyclic N) is 1. The third-order valence-corrected chi connectivity index (χ3v) is 5.07. The molecule has 0 spiro atoms. The summed E-state index contributed by atoms with van der Waals surface area (Å²) in [4.78, 5) is 15.1. The highest BCUT2D eigenvalue weighted by atomic mass is 35.5. The van der Waals surface area contributed by atoms with E-state index in [0.717, 1.165) is 41.5 Å². The fourth-order valence-corrected chi connectivity index (χ4v) is 4.03. The molecule has 126 valence electrons. The van der Waals surface area contributed by atoms with E-state index in [0.29, 0.717) is 17.3 Å². The van der Waals surface area contributed by atoms with Gasteiger partial charge in [0.25, 0.3) is 0 Å². The molecule has 1 N–H and O–H groups in total. The highest BCUT2D eigenvalue weighted by molar-refractivity contribution is 6.35. The predicted molar refractivity (Wildman–Crippen MR) is 95.9 cm³/mol. The summed E-state index contributed by atoms with van der Waals surface area (Å²) in [6.07, 6.45) is 3.34. The first kappa shape index (κ1) is 15.9. The van der Waals surface area contributed by atoms with Gasteiger partial charge in [0, 0.05) is 31.7 Å². The highest BCUT2D eigenvalue weighted by Gasteiger charge is 2.31. The number of piperidine rings is 1. The van der Waals surface area contributed by atoms with Crippen molar-refractivity contribution < 1.29 is 5.11 Å². The average Bonchev–Trinajstić information content (AvgIpc) is 2.80. The smallest absolute Gasteiger partial charge is 0.226 e. The molecule has 0 bridgehead atoms. The van der Waals surface area contributed by atoms with E-state index in [9.17, 15) is 5.11 Å². The van der Waals surface area contributed by atoms with Crippen LogP contribution < -0.4 is 4.90 Å². The van der Waals surface area contributed by atoms with Crippen molar-refractivity contribution in [1.29, 1.82) is 0 Å². The summed E-state index contributed by atoms with van der Waals surface area (Å²) >= 11 is 12.5. The number of anilines is 1. The molecule has 1 saturated heterocycles. The first-order chi connectivity index (χ1) is 11.4. The van der Waals surface area contributed by atoms with Crippen molar-refractivity contribution in [3.63, 3.8) is 0 Å². The van der Waals surface area contributed by atoms with Crippen molar-refractivity contribution in [1.82, 2.24) is 19.5 Å². The summed E-state index contributed by atoms with van der Waals surface area (Å²) in [5, 5.41) is 12.9. The Hall–Kier alpha value is -1.63. The van der Waals surface area contributed by atoms with Crippen LogP contribution in [-0.4, -0.2) is 43.3 Å². The summed E-state index contributed by atoms with van der Waals surface area (Å²) < 4.78 is 1.89. The number of nitrogens with zero attached hydrogens (tertiary/aromatic N) is 5. The maximum atomic E-state index is 10.5. The standard InChI is InChI=1S/C16H17Cl2N5O/c1-16(24)5-3-7-23(8-16)14-10-9-4-6-19-12(17)11(9)22(2)13(10)20-15(18)21-14/h4,6,24H,3,5,7-8H2,1-2H3/t16-/m1/s1. The second-order valence-corrected chi connectivity index (χ2v) is 7.29. The minimum Gasteiger partial charge on any atom is -0.388 e. The molecule has 1 fully saturated rings. The molecular weight excluding hydrogens is 349 g/mol. The molecule has 0 amide bonds. The quantitative estimate of drug-likeness (QED) is 0.529. The second kappa shape index (κ2) is 5.44. The van der Waals surface area contributed by atoms with Gasteiger partial charge in [-0.3, -0.25) is 0 Å². The van der Waals surface area contributed by atoms with Crippen LogP contribution in [0.4, 0.5) is 5.82 Å². The Morgan fingerprint density at radius 2 is 2.08 bits per heavy atom. The highest BCUT2D eigenvalue weighted by Crippen LogP contribution is 2.37. The lowest BCUT2D eigenvalue weighted by Crippen LogP contribution is -2.46. The summed E-state index contributed by atoms with van der Waals surface area (Å²) in [5.74, 6) is 0.734. The number of hydrogen-bond donors (Lipinski definition) is 1. The van der Waals surface area contributed by atoms with Crippen LogP contribution in [0, 0.1) is 0 Å². The third-order valence-electron chi connectivity index (χ3n) is 4.62. The zero-order valence-corrected chi connectivity index (χ0v) is 14.9. The molecule has 1 aliphatic rings. The Labute approximate surface area is 149 Å². The van der Waals surface area contributed by atoms with Crippen molar-refractivity contribution in [2.75, 3.05) is 18.0 Å². The van der Waals surface area contributed by atoms with Gasteiger partial charge in [0.05, 0.1) is 16.5 Å². The number of aliphatic hydroxyl groups is 1. The predicted octanol–water partition coefficient (Wildman–Crippen LogP) is 3.17. The number of aromatic nitrogens is 4. The van der Waals surface area contributed by atoms with Crippen LogP contribution >= 0.6 is 23.2 Å². The lowest BCUT2D eigenvalue weighted by atomic mass is 9.95. The second-order valence-electron chi connectivity index (χ2n) is 6.59. The number of pyridine rings is 1. The Kier molecular flexibility index (Phi) is 3.60. The Morgan fingerprint density at radius 1 is 1.29 bits per heavy atom. The van der Waals surface area contributed by atoms with E-state index in [4.69, 9.17) is 23.2 Å². The molecule has 8 heteroatoms. The van der Waals surface area contributed by atoms with E-state index in [1.54, 1.807) is 6.20 Å². The third kappa shape index (κ3) is 2.41. The van der Waals surface area contributed by atoms with E-state index in [-0.39, 0.29) is 5.28 Å². The van der Waals surface area contributed by atoms with Crippen molar-refractivity contribution in [2.45, 2.75) is 25.4 Å². The molecule has 24 heavy (non-hydrogen) atoms. The van der Waals surface area contributed by atoms with E-state index in [1.165, 1.54) is 0 Å². The van der Waals surface area contributed by atoms with Crippen LogP contribution in [0.15, 0.2) is 12.3 Å². The topological polar surface area (TPSA) is 67.1 Å². The van der Waals surface area contributed by atoms with E-state index in [2.05, 4.69) is 19.9 Å². The number of aryl methyl sites for hydroxylation is 1. The lowest BCUT2D eigenvalue weighted by molar-refractivity contribution is 0.0448. The Morgan fingerprint density at radius 3 is 2.83 bits per heavy atom. The average molecular weight is 366 g/mol. The van der Waals surface area contributed by atoms with Crippen LogP contribution in [0.3, 0.4) is 0 Å². The maximum absolute atomic E-state index is 10.5. The van der Waals surface area contributed by atoms with Gasteiger partial charge in [-0.15, -0.1) is 0 Å². The molecule has 0 unspecified atom stereocenters. The molecule has 0 radical (unpaired) electrons. The fraction of sp³-hybridized carbons (Fsp3) is 0.438. The Balaban J connectivity index is 2.04. The molecular formula is C16H17Cl2N5O. The van der Waals surface area contributed by atoms with Crippen molar-refractivity contribution in [3.05, 3.63) is 22.7 Å². The van der Waals surface area contributed by atoms with Gasteiger partial charge in [0.2, 0.25) is 5.28 Å². The summed E-state index contributed by atoms with van der Waals surface area (Å²) in [5.41, 5.74) is 0.766. The lowest BCUT2D eigenvalue weighted by Gasteiger charge is -2.37. The molecule has 6 nitrogen and oxygen atoms in total.